The number of nitrogens with zero attached hydrogens (tertiary/aromatic N) is 5. The molecule has 3 aromatic rings. The zero-order valence-corrected chi connectivity index (χ0v) is 11.9. The molecule has 0 saturated carbocycles. The van der Waals surface area contributed by atoms with Gasteiger partial charge in [0.25, 0.3) is 5.95 Å². The number of rotatable bonds is 5. The van der Waals surface area contributed by atoms with Crippen molar-refractivity contribution in [1.29, 1.82) is 0 Å². The van der Waals surface area contributed by atoms with Crippen molar-refractivity contribution in [1.82, 2.24) is 24.7 Å². The second-order valence-corrected chi connectivity index (χ2v) is 5.05. The van der Waals surface area contributed by atoms with E-state index < -0.39 is 0 Å². The molecule has 0 saturated heterocycles. The summed E-state index contributed by atoms with van der Waals surface area (Å²) in [6.07, 6.45) is 3.43. The minimum absolute atomic E-state index is 0.311. The van der Waals surface area contributed by atoms with Gasteiger partial charge in [-0.25, -0.2) is 10.5 Å². The molecule has 21 heavy (non-hydrogen) atoms. The normalized spacial score (nSPS) is 10.5. The van der Waals surface area contributed by atoms with Gasteiger partial charge < -0.3 is 0 Å². The number of thioether (sulfide) groups is 1. The van der Waals surface area contributed by atoms with Crippen LogP contribution in [0.1, 0.15) is 5.56 Å². The molecule has 7 nitrogen and oxygen atoms in total. The van der Waals surface area contributed by atoms with E-state index in [1.165, 1.54) is 17.3 Å². The first-order valence-electron chi connectivity index (χ1n) is 6.24. The third-order valence-corrected chi connectivity index (χ3v) is 3.57. The molecule has 0 unspecified atom stereocenters. The highest BCUT2D eigenvalue weighted by atomic mass is 32.2. The Morgan fingerprint density at radius 2 is 1.95 bits per heavy atom. The fraction of sp³-hybridized carbons (Fsp3) is 0.0769. The minimum atomic E-state index is 0.311. The van der Waals surface area contributed by atoms with Crippen LogP contribution in [0, 0.1) is 0 Å². The van der Waals surface area contributed by atoms with Gasteiger partial charge in [-0.2, -0.15) is 20.1 Å². The summed E-state index contributed by atoms with van der Waals surface area (Å²) in [6, 6.07) is 11.9. The van der Waals surface area contributed by atoms with Crippen LogP contribution in [-0.4, -0.2) is 24.7 Å². The molecule has 0 bridgehead atoms. The Balaban J connectivity index is 1.83. The zero-order valence-electron chi connectivity index (χ0n) is 11.0. The van der Waals surface area contributed by atoms with E-state index in [1.54, 1.807) is 23.1 Å². The summed E-state index contributed by atoms with van der Waals surface area (Å²) in [6.45, 7) is 0. The van der Waals surface area contributed by atoms with Crippen molar-refractivity contribution >= 4 is 17.7 Å². The highest BCUT2D eigenvalue weighted by Gasteiger charge is 2.08. The predicted octanol–water partition coefficient (Wildman–Crippen LogP) is 1.64. The number of nitrogen functional groups attached to an aromatic ring is 1. The summed E-state index contributed by atoms with van der Waals surface area (Å²) in [5.74, 6) is 6.92. The Labute approximate surface area is 125 Å². The third-order valence-electron chi connectivity index (χ3n) is 2.65. The largest absolute Gasteiger partial charge is 0.292 e. The Kier molecular flexibility index (Phi) is 4.08. The molecule has 0 amide bonds. The van der Waals surface area contributed by atoms with Gasteiger partial charge in [0, 0.05) is 18.1 Å². The molecule has 106 valence electrons. The van der Waals surface area contributed by atoms with Gasteiger partial charge in [0.15, 0.2) is 5.16 Å². The Hall–Kier alpha value is -2.45. The van der Waals surface area contributed by atoms with Crippen LogP contribution in [0.4, 0.5) is 5.95 Å². The first kappa shape index (κ1) is 13.5. The van der Waals surface area contributed by atoms with Crippen LogP contribution in [0.15, 0.2) is 53.9 Å². The van der Waals surface area contributed by atoms with Gasteiger partial charge in [-0.1, -0.05) is 42.1 Å². The molecule has 0 fully saturated rings. The molecule has 0 aliphatic heterocycles. The molecule has 2 aromatic heterocycles. The van der Waals surface area contributed by atoms with E-state index in [1.807, 2.05) is 18.2 Å². The quantitative estimate of drug-likeness (QED) is 0.420. The summed E-state index contributed by atoms with van der Waals surface area (Å²) in [7, 11) is 0. The molecule has 3 N–H and O–H groups in total. The summed E-state index contributed by atoms with van der Waals surface area (Å²) < 4.78 is 1.56. The van der Waals surface area contributed by atoms with Crippen LogP contribution in [0.25, 0.3) is 5.95 Å². The van der Waals surface area contributed by atoms with Crippen molar-refractivity contribution in [2.45, 2.75) is 10.9 Å². The number of benzene rings is 1. The van der Waals surface area contributed by atoms with Gasteiger partial charge >= 0.3 is 0 Å². The van der Waals surface area contributed by atoms with Crippen LogP contribution in [0.2, 0.25) is 0 Å². The number of nitrogens with one attached hydrogen (secondary N) is 1. The molecule has 1 aromatic carbocycles. The van der Waals surface area contributed by atoms with Crippen LogP contribution in [-0.2, 0) is 5.75 Å². The van der Waals surface area contributed by atoms with Gasteiger partial charge in [-0.05, 0) is 11.6 Å². The highest BCUT2D eigenvalue weighted by Crippen LogP contribution is 2.20. The first-order chi connectivity index (χ1) is 10.3. The lowest BCUT2D eigenvalue weighted by atomic mass is 10.2. The smallest absolute Gasteiger partial charge is 0.256 e. The molecule has 3 rings (SSSR count). The number of hydrogen-bond acceptors (Lipinski definition) is 7. The molecule has 0 aliphatic rings. The molecule has 0 atom stereocenters. The molecule has 8 heteroatoms. The summed E-state index contributed by atoms with van der Waals surface area (Å²) in [5, 5.41) is 4.70. The van der Waals surface area contributed by atoms with E-state index >= 15 is 0 Å². The SMILES string of the molecule is NNc1nc(SCc2ccccc2)nc(-n2cccn2)n1. The maximum atomic E-state index is 5.41. The summed E-state index contributed by atoms with van der Waals surface area (Å²) >= 11 is 1.52. The average Bonchev–Trinajstić information content (AvgIpc) is 3.08. The monoisotopic (exact) mass is 299 g/mol. The first-order valence-corrected chi connectivity index (χ1v) is 7.23. The standard InChI is InChI=1S/C13H13N7S/c14-19-11-16-12(20-8-4-7-15-20)18-13(17-11)21-9-10-5-2-1-3-6-10/h1-8H,9,14H2,(H,16,17,18,19). The van der Waals surface area contributed by atoms with Crippen molar-refractivity contribution < 1.29 is 0 Å². The van der Waals surface area contributed by atoms with Crippen LogP contribution >= 0.6 is 11.8 Å². The lowest BCUT2D eigenvalue weighted by molar-refractivity contribution is 0.760. The van der Waals surface area contributed by atoms with Crippen LogP contribution in [0.5, 0.6) is 0 Å². The maximum Gasteiger partial charge on any atom is 0.256 e. The Morgan fingerprint density at radius 3 is 2.67 bits per heavy atom. The third kappa shape index (κ3) is 3.36. The van der Waals surface area contributed by atoms with E-state index in [4.69, 9.17) is 5.84 Å². The Bertz CT molecular complexity index is 700. The van der Waals surface area contributed by atoms with Crippen LogP contribution < -0.4 is 11.3 Å². The van der Waals surface area contributed by atoms with Gasteiger partial charge in [-0.15, -0.1) is 0 Å². The zero-order chi connectivity index (χ0) is 14.5. The number of hydrazine groups is 1. The lowest BCUT2D eigenvalue weighted by Crippen LogP contribution is -2.14. The van der Waals surface area contributed by atoms with Crippen molar-refractivity contribution in [2.75, 3.05) is 5.43 Å². The average molecular weight is 299 g/mol. The van der Waals surface area contributed by atoms with E-state index in [0.717, 1.165) is 5.75 Å². The number of anilines is 1. The Morgan fingerprint density at radius 1 is 1.10 bits per heavy atom. The second-order valence-electron chi connectivity index (χ2n) is 4.11. The van der Waals surface area contributed by atoms with Gasteiger partial charge in [0.05, 0.1) is 0 Å². The van der Waals surface area contributed by atoms with E-state index in [-0.39, 0.29) is 0 Å². The maximum absolute atomic E-state index is 5.41. The van der Waals surface area contributed by atoms with E-state index in [2.05, 4.69) is 37.6 Å². The van der Waals surface area contributed by atoms with Crippen LogP contribution in [0.3, 0.4) is 0 Å². The van der Waals surface area contributed by atoms with Crippen molar-refractivity contribution in [3.05, 3.63) is 54.4 Å². The number of nitrogens with two attached hydrogens (primary N) is 1. The van der Waals surface area contributed by atoms with E-state index in [9.17, 15) is 0 Å². The molecule has 0 spiro atoms. The number of aromatic nitrogens is 5. The number of hydrogen-bond donors (Lipinski definition) is 2. The molecular formula is C13H13N7S. The molecule has 0 radical (unpaired) electrons. The highest BCUT2D eigenvalue weighted by molar-refractivity contribution is 7.98. The molecular weight excluding hydrogens is 286 g/mol. The predicted molar refractivity (Wildman–Crippen MR) is 80.8 cm³/mol. The van der Waals surface area contributed by atoms with Gasteiger partial charge in [0.1, 0.15) is 0 Å². The van der Waals surface area contributed by atoms with Crippen molar-refractivity contribution in [3.63, 3.8) is 0 Å². The minimum Gasteiger partial charge on any atom is -0.292 e. The van der Waals surface area contributed by atoms with Crippen molar-refractivity contribution in [2.24, 2.45) is 5.84 Å². The molecule has 2 heterocycles. The van der Waals surface area contributed by atoms with Gasteiger partial charge in [0.2, 0.25) is 5.95 Å². The fourth-order valence-corrected chi connectivity index (χ4v) is 2.47. The van der Waals surface area contributed by atoms with Gasteiger partial charge in [-0.3, -0.25) is 5.43 Å². The summed E-state index contributed by atoms with van der Waals surface area (Å²) in [4.78, 5) is 12.8. The van der Waals surface area contributed by atoms with E-state index in [0.29, 0.717) is 17.1 Å². The summed E-state index contributed by atoms with van der Waals surface area (Å²) in [5.41, 5.74) is 3.65. The lowest BCUT2D eigenvalue weighted by Gasteiger charge is -2.06. The fourth-order valence-electron chi connectivity index (χ4n) is 1.69. The second kappa shape index (κ2) is 6.33. The molecule has 0 aliphatic carbocycles. The van der Waals surface area contributed by atoms with Crippen molar-refractivity contribution in [3.8, 4) is 5.95 Å². The topological polar surface area (TPSA) is 94.5 Å².